The maximum atomic E-state index is 3.51. The summed E-state index contributed by atoms with van der Waals surface area (Å²) in [6, 6.07) is 0. The molecule has 0 aromatic rings. The predicted molar refractivity (Wildman–Crippen MR) is 60.9 cm³/mol. The van der Waals surface area contributed by atoms with Gasteiger partial charge in [0.25, 0.3) is 0 Å². The summed E-state index contributed by atoms with van der Waals surface area (Å²) in [5.74, 6) is 0. The van der Waals surface area contributed by atoms with E-state index in [0.29, 0.717) is 0 Å². The number of likely N-dealkylation sites (N-methyl/N-ethyl adjacent to an activating group) is 1. The number of alkyl halides is 1. The second-order valence-electron chi connectivity index (χ2n) is 3.43. The molecule has 1 heterocycles. The minimum absolute atomic E-state index is 0.0169. The molecule has 0 saturated carbocycles. The standard InChI is InChI=1S/C10H17BrN2/c1-10(12-8-5-7-11)6-3-4-9-13(10)2/h3-4,6,9,12H,5,7-8H2,1-2H3. The number of rotatable bonds is 4. The van der Waals surface area contributed by atoms with Crippen molar-refractivity contribution in [2.24, 2.45) is 0 Å². The zero-order chi connectivity index (χ0) is 9.73. The summed E-state index contributed by atoms with van der Waals surface area (Å²) in [5.41, 5.74) is -0.0169. The number of nitrogens with one attached hydrogen (secondary N) is 1. The molecule has 0 bridgehead atoms. The van der Waals surface area contributed by atoms with Crippen LogP contribution in [-0.2, 0) is 0 Å². The van der Waals surface area contributed by atoms with E-state index in [1.165, 1.54) is 0 Å². The van der Waals surface area contributed by atoms with Gasteiger partial charge in [-0.05, 0) is 32.0 Å². The van der Waals surface area contributed by atoms with E-state index in [1.54, 1.807) is 0 Å². The molecule has 1 aliphatic rings. The Bertz CT molecular complexity index is 213. The number of allylic oxidation sites excluding steroid dienone is 2. The fourth-order valence-electron chi connectivity index (χ4n) is 1.29. The van der Waals surface area contributed by atoms with E-state index in [9.17, 15) is 0 Å². The quantitative estimate of drug-likeness (QED) is 0.602. The second kappa shape index (κ2) is 4.82. The van der Waals surface area contributed by atoms with Crippen molar-refractivity contribution in [2.45, 2.75) is 19.0 Å². The lowest BCUT2D eigenvalue weighted by Crippen LogP contribution is -2.52. The number of hydrogen-bond donors (Lipinski definition) is 1. The molecule has 2 nitrogen and oxygen atoms in total. The molecule has 1 unspecified atom stereocenters. The lowest BCUT2D eigenvalue weighted by Gasteiger charge is -2.38. The summed E-state index contributed by atoms with van der Waals surface area (Å²) >= 11 is 3.42. The van der Waals surface area contributed by atoms with Crippen LogP contribution in [0.25, 0.3) is 0 Å². The molecule has 3 heteroatoms. The third-order valence-corrected chi connectivity index (χ3v) is 2.93. The van der Waals surface area contributed by atoms with Gasteiger partial charge in [-0.25, -0.2) is 0 Å². The molecular weight excluding hydrogens is 228 g/mol. The molecule has 0 fully saturated rings. The molecule has 74 valence electrons. The number of halogens is 1. The SMILES string of the molecule is CN1C=CC=CC1(C)NCCCBr. The molecule has 0 aromatic heterocycles. The fourth-order valence-corrected chi connectivity index (χ4v) is 1.57. The van der Waals surface area contributed by atoms with Gasteiger partial charge in [0.05, 0.1) is 0 Å². The Morgan fingerprint density at radius 3 is 2.85 bits per heavy atom. The minimum atomic E-state index is -0.0169. The van der Waals surface area contributed by atoms with Crippen molar-refractivity contribution >= 4 is 15.9 Å². The lowest BCUT2D eigenvalue weighted by molar-refractivity contribution is 0.206. The zero-order valence-corrected chi connectivity index (χ0v) is 9.84. The Kier molecular flexibility index (Phi) is 4.00. The van der Waals surface area contributed by atoms with Gasteiger partial charge >= 0.3 is 0 Å². The Balaban J connectivity index is 2.45. The van der Waals surface area contributed by atoms with Gasteiger partial charge in [0.15, 0.2) is 0 Å². The maximum Gasteiger partial charge on any atom is 0.107 e. The van der Waals surface area contributed by atoms with Crippen LogP contribution in [0.3, 0.4) is 0 Å². The average Bonchev–Trinajstić information content (AvgIpc) is 2.11. The molecule has 1 N–H and O–H groups in total. The Morgan fingerprint density at radius 2 is 2.23 bits per heavy atom. The van der Waals surface area contributed by atoms with Gasteiger partial charge < -0.3 is 4.90 Å². The van der Waals surface area contributed by atoms with E-state index in [0.717, 1.165) is 18.3 Å². The van der Waals surface area contributed by atoms with E-state index in [4.69, 9.17) is 0 Å². The normalized spacial score (nSPS) is 26.8. The third-order valence-electron chi connectivity index (χ3n) is 2.37. The minimum Gasteiger partial charge on any atom is -0.359 e. The van der Waals surface area contributed by atoms with Crippen LogP contribution in [0.15, 0.2) is 24.4 Å². The summed E-state index contributed by atoms with van der Waals surface area (Å²) in [6.45, 7) is 3.21. The van der Waals surface area contributed by atoms with Crippen LogP contribution in [0.2, 0.25) is 0 Å². The van der Waals surface area contributed by atoms with E-state index in [-0.39, 0.29) is 5.66 Å². The van der Waals surface area contributed by atoms with Crippen LogP contribution in [0.4, 0.5) is 0 Å². The topological polar surface area (TPSA) is 15.3 Å². The molecule has 0 saturated heterocycles. The van der Waals surface area contributed by atoms with Gasteiger partial charge in [-0.3, -0.25) is 5.32 Å². The largest absolute Gasteiger partial charge is 0.359 e. The van der Waals surface area contributed by atoms with Gasteiger partial charge in [-0.2, -0.15) is 0 Å². The molecule has 1 aliphatic heterocycles. The van der Waals surface area contributed by atoms with Crippen molar-refractivity contribution in [2.75, 3.05) is 18.9 Å². The molecule has 1 atom stereocenters. The summed E-state index contributed by atoms with van der Waals surface area (Å²) in [5, 5.41) is 4.56. The van der Waals surface area contributed by atoms with Crippen molar-refractivity contribution in [3.63, 3.8) is 0 Å². The van der Waals surface area contributed by atoms with E-state index < -0.39 is 0 Å². The number of nitrogens with zero attached hydrogens (tertiary/aromatic N) is 1. The monoisotopic (exact) mass is 244 g/mol. The summed E-state index contributed by atoms with van der Waals surface area (Å²) < 4.78 is 0. The molecular formula is C10H17BrN2. The molecule has 13 heavy (non-hydrogen) atoms. The summed E-state index contributed by atoms with van der Waals surface area (Å²) in [7, 11) is 2.08. The van der Waals surface area contributed by atoms with Crippen LogP contribution < -0.4 is 5.32 Å². The first-order chi connectivity index (χ1) is 6.19. The molecule has 0 aliphatic carbocycles. The first kappa shape index (κ1) is 10.8. The van der Waals surface area contributed by atoms with Crippen molar-refractivity contribution in [3.8, 4) is 0 Å². The van der Waals surface area contributed by atoms with E-state index in [2.05, 4.69) is 58.5 Å². The lowest BCUT2D eigenvalue weighted by atomic mass is 10.1. The Hall–Kier alpha value is -0.280. The number of hydrogen-bond acceptors (Lipinski definition) is 2. The van der Waals surface area contributed by atoms with Crippen molar-refractivity contribution in [1.29, 1.82) is 0 Å². The highest BCUT2D eigenvalue weighted by Crippen LogP contribution is 2.15. The molecule has 0 radical (unpaired) electrons. The van der Waals surface area contributed by atoms with Crippen LogP contribution in [-0.4, -0.2) is 29.5 Å². The van der Waals surface area contributed by atoms with Gasteiger partial charge in [0.2, 0.25) is 0 Å². The van der Waals surface area contributed by atoms with Crippen molar-refractivity contribution in [3.05, 3.63) is 24.4 Å². The highest BCUT2D eigenvalue weighted by molar-refractivity contribution is 9.09. The Labute approximate surface area is 88.8 Å². The molecule has 1 rings (SSSR count). The highest BCUT2D eigenvalue weighted by atomic mass is 79.9. The summed E-state index contributed by atoms with van der Waals surface area (Å²) in [6.07, 6.45) is 9.55. The predicted octanol–water partition coefficient (Wildman–Crippen LogP) is 2.09. The molecule has 0 spiro atoms. The summed E-state index contributed by atoms with van der Waals surface area (Å²) in [4.78, 5) is 2.18. The van der Waals surface area contributed by atoms with E-state index >= 15 is 0 Å². The van der Waals surface area contributed by atoms with Gasteiger partial charge in [-0.1, -0.05) is 22.0 Å². The van der Waals surface area contributed by atoms with Crippen LogP contribution in [0, 0.1) is 0 Å². The average molecular weight is 245 g/mol. The maximum absolute atomic E-state index is 3.51. The Morgan fingerprint density at radius 1 is 1.46 bits per heavy atom. The van der Waals surface area contributed by atoms with E-state index in [1.807, 2.05) is 6.08 Å². The first-order valence-corrected chi connectivity index (χ1v) is 5.71. The molecule has 0 aromatic carbocycles. The first-order valence-electron chi connectivity index (χ1n) is 4.59. The third kappa shape index (κ3) is 2.85. The van der Waals surface area contributed by atoms with Gasteiger partial charge in [0.1, 0.15) is 5.66 Å². The van der Waals surface area contributed by atoms with Crippen LogP contribution in [0.5, 0.6) is 0 Å². The van der Waals surface area contributed by atoms with Crippen molar-refractivity contribution in [1.82, 2.24) is 10.2 Å². The second-order valence-corrected chi connectivity index (χ2v) is 4.22. The fraction of sp³-hybridized carbons (Fsp3) is 0.600. The van der Waals surface area contributed by atoms with Crippen LogP contribution >= 0.6 is 15.9 Å². The smallest absolute Gasteiger partial charge is 0.107 e. The van der Waals surface area contributed by atoms with Gasteiger partial charge in [-0.15, -0.1) is 0 Å². The zero-order valence-electron chi connectivity index (χ0n) is 8.26. The van der Waals surface area contributed by atoms with Crippen LogP contribution in [0.1, 0.15) is 13.3 Å². The van der Waals surface area contributed by atoms with Crippen molar-refractivity contribution < 1.29 is 0 Å². The molecule has 0 amide bonds. The highest BCUT2D eigenvalue weighted by Gasteiger charge is 2.23. The van der Waals surface area contributed by atoms with Gasteiger partial charge in [0, 0.05) is 18.6 Å².